The maximum absolute atomic E-state index is 12.8. The first-order valence-corrected chi connectivity index (χ1v) is 11.1. The molecule has 2 aromatic heterocycles. The molecule has 1 aliphatic rings. The molecule has 0 fully saturated rings. The third-order valence-corrected chi connectivity index (χ3v) is 5.60. The lowest BCUT2D eigenvalue weighted by Crippen LogP contribution is -2.46. The molecule has 164 valence electrons. The first-order chi connectivity index (χ1) is 15.5. The SMILES string of the molecule is CCOC(=O)C1=C(CSc2nc(C)cc(-c3ccccc3)n2)NC(=O)NC1c1ccco1. The highest BCUT2D eigenvalue weighted by atomic mass is 32.2. The van der Waals surface area contributed by atoms with Crippen molar-refractivity contribution in [3.8, 4) is 11.3 Å². The number of aryl methyl sites for hydroxylation is 1. The van der Waals surface area contributed by atoms with Gasteiger partial charge in [-0.25, -0.2) is 19.6 Å². The Labute approximate surface area is 189 Å². The van der Waals surface area contributed by atoms with E-state index in [0.29, 0.717) is 22.2 Å². The van der Waals surface area contributed by atoms with E-state index in [9.17, 15) is 9.59 Å². The van der Waals surface area contributed by atoms with Gasteiger partial charge in [-0.2, -0.15) is 0 Å². The fourth-order valence-corrected chi connectivity index (χ4v) is 4.22. The van der Waals surface area contributed by atoms with Crippen molar-refractivity contribution in [1.82, 2.24) is 20.6 Å². The van der Waals surface area contributed by atoms with Crippen LogP contribution >= 0.6 is 11.8 Å². The summed E-state index contributed by atoms with van der Waals surface area (Å²) in [6.45, 7) is 3.85. The van der Waals surface area contributed by atoms with E-state index in [1.54, 1.807) is 19.1 Å². The number of benzene rings is 1. The number of carbonyl (C=O) groups is 2. The van der Waals surface area contributed by atoms with Gasteiger partial charge < -0.3 is 19.8 Å². The van der Waals surface area contributed by atoms with E-state index < -0.39 is 18.0 Å². The number of thioether (sulfide) groups is 1. The summed E-state index contributed by atoms with van der Waals surface area (Å²) >= 11 is 1.33. The van der Waals surface area contributed by atoms with Gasteiger partial charge in [0.2, 0.25) is 0 Å². The van der Waals surface area contributed by atoms with Gasteiger partial charge in [-0.15, -0.1) is 0 Å². The number of furan rings is 1. The highest BCUT2D eigenvalue weighted by molar-refractivity contribution is 7.99. The zero-order valence-corrected chi connectivity index (χ0v) is 18.4. The lowest BCUT2D eigenvalue weighted by molar-refractivity contribution is -0.139. The average molecular weight is 451 g/mol. The number of nitrogens with one attached hydrogen (secondary N) is 2. The van der Waals surface area contributed by atoms with Gasteiger partial charge in [0.25, 0.3) is 0 Å². The molecule has 0 bridgehead atoms. The Balaban J connectivity index is 1.65. The number of ether oxygens (including phenoxy) is 1. The Morgan fingerprint density at radius 1 is 1.19 bits per heavy atom. The van der Waals surface area contributed by atoms with E-state index in [2.05, 4.69) is 20.6 Å². The zero-order chi connectivity index (χ0) is 22.5. The topological polar surface area (TPSA) is 106 Å². The third-order valence-electron chi connectivity index (χ3n) is 4.73. The third kappa shape index (κ3) is 4.83. The molecule has 2 N–H and O–H groups in total. The van der Waals surface area contributed by atoms with Gasteiger partial charge in [0.15, 0.2) is 5.16 Å². The van der Waals surface area contributed by atoms with Crippen LogP contribution in [0, 0.1) is 6.92 Å². The van der Waals surface area contributed by atoms with Crippen LogP contribution in [0.5, 0.6) is 0 Å². The monoisotopic (exact) mass is 450 g/mol. The largest absolute Gasteiger partial charge is 0.467 e. The van der Waals surface area contributed by atoms with E-state index in [-0.39, 0.29) is 12.4 Å². The van der Waals surface area contributed by atoms with Crippen LogP contribution in [-0.2, 0) is 9.53 Å². The summed E-state index contributed by atoms with van der Waals surface area (Å²) in [7, 11) is 0. The number of hydrogen-bond donors (Lipinski definition) is 2. The van der Waals surface area contributed by atoms with Gasteiger partial charge in [0.05, 0.1) is 24.1 Å². The Kier molecular flexibility index (Phi) is 6.55. The van der Waals surface area contributed by atoms with Crippen molar-refractivity contribution in [2.75, 3.05) is 12.4 Å². The van der Waals surface area contributed by atoms with Crippen molar-refractivity contribution in [3.05, 3.63) is 77.5 Å². The quantitative estimate of drug-likeness (QED) is 0.318. The Bertz CT molecular complexity index is 1150. The predicted octanol–water partition coefficient (Wildman–Crippen LogP) is 4.01. The fourth-order valence-electron chi connectivity index (χ4n) is 3.35. The summed E-state index contributed by atoms with van der Waals surface area (Å²) < 4.78 is 10.7. The number of nitrogens with zero attached hydrogens (tertiary/aromatic N) is 2. The Hall–Kier alpha value is -3.59. The first-order valence-electron chi connectivity index (χ1n) is 10.1. The van der Waals surface area contributed by atoms with Crippen molar-refractivity contribution >= 4 is 23.8 Å². The molecule has 2 amide bonds. The second kappa shape index (κ2) is 9.69. The highest BCUT2D eigenvalue weighted by Gasteiger charge is 2.35. The molecule has 1 aliphatic heterocycles. The summed E-state index contributed by atoms with van der Waals surface area (Å²) in [5.74, 6) is 0.201. The van der Waals surface area contributed by atoms with Crippen LogP contribution in [-0.4, -0.2) is 34.3 Å². The number of urea groups is 1. The standard InChI is InChI=1S/C23H22N4O4S/c1-3-30-21(28)19-17(25-22(29)27-20(19)18-10-7-11-31-18)13-32-23-24-14(2)12-16(26-23)15-8-5-4-6-9-15/h4-12,20H,3,13H2,1-2H3,(H2,25,27,29). The lowest BCUT2D eigenvalue weighted by Gasteiger charge is -2.27. The number of aromatic nitrogens is 2. The molecule has 0 radical (unpaired) electrons. The van der Waals surface area contributed by atoms with Gasteiger partial charge in [-0.05, 0) is 32.0 Å². The number of rotatable bonds is 7. The van der Waals surface area contributed by atoms with Crippen LogP contribution in [0.25, 0.3) is 11.3 Å². The smallest absolute Gasteiger partial charge is 0.338 e. The van der Waals surface area contributed by atoms with Crippen molar-refractivity contribution in [1.29, 1.82) is 0 Å². The zero-order valence-electron chi connectivity index (χ0n) is 17.6. The molecule has 3 heterocycles. The van der Waals surface area contributed by atoms with Gasteiger partial charge in [-0.3, -0.25) is 0 Å². The van der Waals surface area contributed by atoms with E-state index in [0.717, 1.165) is 17.0 Å². The van der Waals surface area contributed by atoms with E-state index >= 15 is 0 Å². The molecule has 0 saturated carbocycles. The van der Waals surface area contributed by atoms with Crippen molar-refractivity contribution in [3.63, 3.8) is 0 Å². The molecule has 8 nitrogen and oxygen atoms in total. The highest BCUT2D eigenvalue weighted by Crippen LogP contribution is 2.31. The molecule has 3 aromatic rings. The molecule has 1 atom stereocenters. The fraction of sp³-hybridized carbons (Fsp3) is 0.217. The van der Waals surface area contributed by atoms with Gasteiger partial charge in [0.1, 0.15) is 11.8 Å². The maximum Gasteiger partial charge on any atom is 0.338 e. The lowest BCUT2D eigenvalue weighted by atomic mass is 10.0. The van der Waals surface area contributed by atoms with Crippen molar-refractivity contribution in [2.24, 2.45) is 0 Å². The summed E-state index contributed by atoms with van der Waals surface area (Å²) in [5, 5.41) is 6.02. The van der Waals surface area contributed by atoms with E-state index in [4.69, 9.17) is 9.15 Å². The number of esters is 1. The second-order valence-corrected chi connectivity index (χ2v) is 7.93. The molecular weight excluding hydrogens is 428 g/mol. The summed E-state index contributed by atoms with van der Waals surface area (Å²) in [5.41, 5.74) is 3.35. The predicted molar refractivity (Wildman–Crippen MR) is 120 cm³/mol. The van der Waals surface area contributed by atoms with Gasteiger partial charge >= 0.3 is 12.0 Å². The van der Waals surface area contributed by atoms with Crippen molar-refractivity contribution < 1.29 is 18.7 Å². The molecule has 1 unspecified atom stereocenters. The van der Waals surface area contributed by atoms with Gasteiger partial charge in [-0.1, -0.05) is 42.1 Å². The molecule has 0 saturated heterocycles. The molecule has 4 rings (SSSR count). The van der Waals surface area contributed by atoms with Crippen molar-refractivity contribution in [2.45, 2.75) is 25.0 Å². The molecule has 1 aromatic carbocycles. The summed E-state index contributed by atoms with van der Waals surface area (Å²) in [4.78, 5) is 34.2. The van der Waals surface area contributed by atoms with Crippen LogP contribution in [0.4, 0.5) is 4.79 Å². The molecule has 32 heavy (non-hydrogen) atoms. The van der Waals surface area contributed by atoms with Crippen LogP contribution in [0.15, 0.2) is 75.6 Å². The van der Waals surface area contributed by atoms with Crippen LogP contribution in [0.3, 0.4) is 0 Å². The summed E-state index contributed by atoms with van der Waals surface area (Å²) in [6.07, 6.45) is 1.49. The second-order valence-electron chi connectivity index (χ2n) is 6.99. The Morgan fingerprint density at radius 2 is 2.00 bits per heavy atom. The first kappa shape index (κ1) is 21.6. The van der Waals surface area contributed by atoms with E-state index in [1.807, 2.05) is 43.3 Å². The molecule has 9 heteroatoms. The average Bonchev–Trinajstić information content (AvgIpc) is 3.32. The number of hydrogen-bond acceptors (Lipinski definition) is 7. The number of amides is 2. The summed E-state index contributed by atoms with van der Waals surface area (Å²) in [6, 6.07) is 14.0. The minimum absolute atomic E-state index is 0.211. The minimum Gasteiger partial charge on any atom is -0.467 e. The molecule has 0 aliphatic carbocycles. The van der Waals surface area contributed by atoms with Crippen LogP contribution < -0.4 is 10.6 Å². The minimum atomic E-state index is -0.744. The Morgan fingerprint density at radius 3 is 2.72 bits per heavy atom. The molecule has 0 spiro atoms. The van der Waals surface area contributed by atoms with Crippen LogP contribution in [0.2, 0.25) is 0 Å². The molecular formula is C23H22N4O4S. The van der Waals surface area contributed by atoms with E-state index in [1.165, 1.54) is 18.0 Å². The maximum atomic E-state index is 12.8. The van der Waals surface area contributed by atoms with Gasteiger partial charge in [0, 0.05) is 22.7 Å². The number of carbonyl (C=O) groups excluding carboxylic acids is 2. The normalized spacial score (nSPS) is 15.8. The van der Waals surface area contributed by atoms with Crippen LogP contribution in [0.1, 0.15) is 24.4 Å².